The van der Waals surface area contributed by atoms with Crippen LogP contribution in [0.4, 0.5) is 0 Å². The summed E-state index contributed by atoms with van der Waals surface area (Å²) in [5.74, 6) is -0.133. The molecular weight excluding hydrogens is 328 g/mol. The number of benzene rings is 1. The van der Waals surface area contributed by atoms with Gasteiger partial charge in [-0.1, -0.05) is 18.9 Å². The monoisotopic (exact) mass is 352 g/mol. The average molecular weight is 352 g/mol. The Hall–Kier alpha value is -1.44. The summed E-state index contributed by atoms with van der Waals surface area (Å²) in [6.07, 6.45) is 3.93. The number of hydrogen-bond donors (Lipinski definition) is 0. The molecule has 0 bridgehead atoms. The van der Waals surface area contributed by atoms with Crippen molar-refractivity contribution in [3.05, 3.63) is 29.8 Å². The molecule has 0 saturated carbocycles. The van der Waals surface area contributed by atoms with Crippen LogP contribution in [-0.4, -0.2) is 62.9 Å². The molecule has 0 aromatic heterocycles. The summed E-state index contributed by atoms with van der Waals surface area (Å²) in [6.45, 7) is 3.26. The van der Waals surface area contributed by atoms with Crippen LogP contribution in [0.1, 0.15) is 36.0 Å². The summed E-state index contributed by atoms with van der Waals surface area (Å²) in [4.78, 5) is 14.5. The molecule has 2 aliphatic heterocycles. The molecule has 1 aromatic carbocycles. The first-order chi connectivity index (χ1) is 11.6. The number of carbonyl (C=O) groups excluding carboxylic acids is 1. The number of ether oxygens (including phenoxy) is 1. The number of morpholine rings is 1. The minimum atomic E-state index is -3.53. The molecule has 7 heteroatoms. The number of sulfonamides is 1. The lowest BCUT2D eigenvalue weighted by Gasteiger charge is -2.27. The largest absolute Gasteiger partial charge is 0.378 e. The Bertz CT molecular complexity index is 676. The van der Waals surface area contributed by atoms with Crippen LogP contribution in [0, 0.1) is 0 Å². The van der Waals surface area contributed by atoms with E-state index in [1.165, 1.54) is 6.07 Å². The first-order valence-electron chi connectivity index (χ1n) is 8.56. The third kappa shape index (κ3) is 3.79. The van der Waals surface area contributed by atoms with Gasteiger partial charge >= 0.3 is 0 Å². The highest BCUT2D eigenvalue weighted by atomic mass is 32.2. The van der Waals surface area contributed by atoms with E-state index in [1.54, 1.807) is 27.4 Å². The predicted molar refractivity (Wildman–Crippen MR) is 90.4 cm³/mol. The third-order valence-electron chi connectivity index (χ3n) is 4.58. The lowest BCUT2D eigenvalue weighted by molar-refractivity contribution is 0.0302. The van der Waals surface area contributed by atoms with Crippen LogP contribution >= 0.6 is 0 Å². The van der Waals surface area contributed by atoms with Crippen molar-refractivity contribution >= 4 is 15.9 Å². The van der Waals surface area contributed by atoms with Crippen LogP contribution < -0.4 is 0 Å². The molecular formula is C17H24N2O4S. The topological polar surface area (TPSA) is 66.9 Å². The fourth-order valence-electron chi connectivity index (χ4n) is 3.17. The molecule has 6 nitrogen and oxygen atoms in total. The number of rotatable bonds is 3. The molecule has 2 aliphatic rings. The van der Waals surface area contributed by atoms with E-state index in [-0.39, 0.29) is 10.8 Å². The van der Waals surface area contributed by atoms with Crippen molar-refractivity contribution in [2.75, 3.05) is 39.4 Å². The van der Waals surface area contributed by atoms with Gasteiger partial charge in [-0.15, -0.1) is 0 Å². The maximum absolute atomic E-state index is 12.9. The van der Waals surface area contributed by atoms with E-state index in [4.69, 9.17) is 4.74 Å². The van der Waals surface area contributed by atoms with Gasteiger partial charge in [-0.05, 0) is 31.0 Å². The highest BCUT2D eigenvalue weighted by Crippen LogP contribution is 2.21. The number of nitrogens with zero attached hydrogens (tertiary/aromatic N) is 2. The van der Waals surface area contributed by atoms with E-state index in [9.17, 15) is 13.2 Å². The zero-order chi connectivity index (χ0) is 17.0. The fourth-order valence-corrected chi connectivity index (χ4v) is 4.73. The van der Waals surface area contributed by atoms with E-state index >= 15 is 0 Å². The Balaban J connectivity index is 1.82. The molecule has 0 unspecified atom stereocenters. The minimum Gasteiger partial charge on any atom is -0.378 e. The Morgan fingerprint density at radius 2 is 1.62 bits per heavy atom. The maximum atomic E-state index is 12.9. The van der Waals surface area contributed by atoms with Crippen LogP contribution in [0.3, 0.4) is 0 Å². The SMILES string of the molecule is O=C(c1cccc(S(=O)(=O)N2CCCCCC2)c1)N1CCOCC1. The van der Waals surface area contributed by atoms with E-state index < -0.39 is 10.0 Å². The Morgan fingerprint density at radius 1 is 0.958 bits per heavy atom. The smallest absolute Gasteiger partial charge is 0.254 e. The quantitative estimate of drug-likeness (QED) is 0.831. The standard InChI is InChI=1S/C17H24N2O4S/c20-17(18-10-12-23-13-11-18)15-6-5-7-16(14-15)24(21,22)19-8-3-1-2-4-9-19/h5-7,14H,1-4,8-13H2. The summed E-state index contributed by atoms with van der Waals surface area (Å²) in [5, 5.41) is 0. The van der Waals surface area contributed by atoms with Crippen molar-refractivity contribution < 1.29 is 17.9 Å². The van der Waals surface area contributed by atoms with Gasteiger partial charge in [0.05, 0.1) is 18.1 Å². The van der Waals surface area contributed by atoms with Gasteiger partial charge < -0.3 is 9.64 Å². The second kappa shape index (κ2) is 7.63. The first kappa shape index (κ1) is 17.4. The predicted octanol–water partition coefficient (Wildman–Crippen LogP) is 1.72. The van der Waals surface area contributed by atoms with Crippen LogP contribution in [-0.2, 0) is 14.8 Å². The highest BCUT2D eigenvalue weighted by molar-refractivity contribution is 7.89. The van der Waals surface area contributed by atoms with Crippen LogP contribution in [0.25, 0.3) is 0 Å². The van der Waals surface area contributed by atoms with Crippen LogP contribution in [0.2, 0.25) is 0 Å². The maximum Gasteiger partial charge on any atom is 0.254 e. The Labute approximate surface area is 143 Å². The summed E-state index contributed by atoms with van der Waals surface area (Å²) in [7, 11) is -3.53. The van der Waals surface area contributed by atoms with Crippen LogP contribution in [0.5, 0.6) is 0 Å². The van der Waals surface area contributed by atoms with E-state index in [2.05, 4.69) is 0 Å². The molecule has 2 saturated heterocycles. The second-order valence-electron chi connectivity index (χ2n) is 6.25. The normalized spacial score (nSPS) is 20.6. The number of carbonyl (C=O) groups is 1. The van der Waals surface area contributed by atoms with Gasteiger partial charge in [0.15, 0.2) is 0 Å². The molecule has 132 valence electrons. The summed E-state index contributed by atoms with van der Waals surface area (Å²) in [5.41, 5.74) is 0.424. The van der Waals surface area contributed by atoms with Gasteiger partial charge in [-0.3, -0.25) is 4.79 Å². The van der Waals surface area contributed by atoms with Gasteiger partial charge in [-0.2, -0.15) is 4.31 Å². The molecule has 0 aliphatic carbocycles. The number of amides is 1. The lowest BCUT2D eigenvalue weighted by Crippen LogP contribution is -2.40. The van der Waals surface area contributed by atoms with Gasteiger partial charge in [0.1, 0.15) is 0 Å². The molecule has 3 rings (SSSR count). The average Bonchev–Trinajstić information content (AvgIpc) is 2.92. The van der Waals surface area contributed by atoms with Crippen molar-refractivity contribution in [3.63, 3.8) is 0 Å². The Kier molecular flexibility index (Phi) is 5.53. The van der Waals surface area contributed by atoms with Gasteiger partial charge in [0.2, 0.25) is 10.0 Å². The minimum absolute atomic E-state index is 0.133. The Morgan fingerprint density at radius 3 is 2.29 bits per heavy atom. The highest BCUT2D eigenvalue weighted by Gasteiger charge is 2.26. The second-order valence-corrected chi connectivity index (χ2v) is 8.19. The molecule has 0 radical (unpaired) electrons. The number of hydrogen-bond acceptors (Lipinski definition) is 4. The van der Waals surface area contributed by atoms with Crippen molar-refractivity contribution in [2.45, 2.75) is 30.6 Å². The first-order valence-corrected chi connectivity index (χ1v) is 10.0. The molecule has 2 heterocycles. The summed E-state index contributed by atoms with van der Waals surface area (Å²) < 4.78 is 32.6. The molecule has 1 amide bonds. The molecule has 0 N–H and O–H groups in total. The zero-order valence-corrected chi connectivity index (χ0v) is 14.6. The van der Waals surface area contributed by atoms with Crippen molar-refractivity contribution in [1.29, 1.82) is 0 Å². The molecule has 24 heavy (non-hydrogen) atoms. The van der Waals surface area contributed by atoms with E-state index in [0.717, 1.165) is 25.7 Å². The molecule has 0 atom stereocenters. The zero-order valence-electron chi connectivity index (χ0n) is 13.8. The lowest BCUT2D eigenvalue weighted by atomic mass is 10.2. The van der Waals surface area contributed by atoms with Crippen molar-refractivity contribution in [3.8, 4) is 0 Å². The molecule has 2 fully saturated rings. The summed E-state index contributed by atoms with van der Waals surface area (Å²) >= 11 is 0. The molecule has 0 spiro atoms. The van der Waals surface area contributed by atoms with Crippen LogP contribution in [0.15, 0.2) is 29.2 Å². The summed E-state index contributed by atoms with van der Waals surface area (Å²) in [6, 6.07) is 6.42. The van der Waals surface area contributed by atoms with E-state index in [1.807, 2.05) is 0 Å². The van der Waals surface area contributed by atoms with Crippen molar-refractivity contribution in [2.24, 2.45) is 0 Å². The fraction of sp³-hybridized carbons (Fsp3) is 0.588. The van der Waals surface area contributed by atoms with Gasteiger partial charge in [0, 0.05) is 31.7 Å². The third-order valence-corrected chi connectivity index (χ3v) is 6.48. The van der Waals surface area contributed by atoms with Crippen molar-refractivity contribution in [1.82, 2.24) is 9.21 Å². The molecule has 1 aromatic rings. The van der Waals surface area contributed by atoms with Gasteiger partial charge in [0.25, 0.3) is 5.91 Å². The van der Waals surface area contributed by atoms with E-state index in [0.29, 0.717) is 45.0 Å². The van der Waals surface area contributed by atoms with Gasteiger partial charge in [-0.25, -0.2) is 8.42 Å².